The zero-order valence-electron chi connectivity index (χ0n) is 11.5. The molecule has 0 radical (unpaired) electrons. The smallest absolute Gasteiger partial charge is 0.338 e. The standard InChI is InChI=1S/C13H12N4O5/c1-2-22-13(19)9-5-8(6-10(7-9)17(20)21)12(18)15-11-3-4-14-16-11/h3-7H,2H2,1H3,(H2,14,15,16,18). The van der Waals surface area contributed by atoms with Crippen LogP contribution < -0.4 is 5.32 Å². The number of aromatic nitrogens is 2. The number of benzene rings is 1. The van der Waals surface area contributed by atoms with E-state index in [-0.39, 0.29) is 23.4 Å². The van der Waals surface area contributed by atoms with Crippen molar-refractivity contribution in [2.24, 2.45) is 0 Å². The molecule has 0 unspecified atom stereocenters. The van der Waals surface area contributed by atoms with Crippen LogP contribution in [0, 0.1) is 10.1 Å². The van der Waals surface area contributed by atoms with Gasteiger partial charge in [0.2, 0.25) is 0 Å². The molecule has 114 valence electrons. The lowest BCUT2D eigenvalue weighted by Gasteiger charge is -2.06. The fourth-order valence-corrected chi connectivity index (χ4v) is 1.70. The van der Waals surface area contributed by atoms with Crippen LogP contribution in [0.2, 0.25) is 0 Å². The lowest BCUT2D eigenvalue weighted by Crippen LogP contribution is -2.14. The predicted molar refractivity (Wildman–Crippen MR) is 75.6 cm³/mol. The largest absolute Gasteiger partial charge is 0.462 e. The minimum absolute atomic E-state index is 0.0353. The molecule has 1 amide bonds. The second-order valence-electron chi connectivity index (χ2n) is 4.17. The van der Waals surface area contributed by atoms with E-state index in [9.17, 15) is 19.7 Å². The number of rotatable bonds is 5. The van der Waals surface area contributed by atoms with Gasteiger partial charge >= 0.3 is 5.97 Å². The lowest BCUT2D eigenvalue weighted by molar-refractivity contribution is -0.384. The molecular weight excluding hydrogens is 292 g/mol. The van der Waals surface area contributed by atoms with Gasteiger partial charge < -0.3 is 10.1 Å². The van der Waals surface area contributed by atoms with Gasteiger partial charge in [-0.3, -0.25) is 20.0 Å². The molecule has 22 heavy (non-hydrogen) atoms. The van der Waals surface area contributed by atoms with E-state index in [1.807, 2.05) is 0 Å². The number of amides is 1. The molecule has 0 aliphatic rings. The Morgan fingerprint density at radius 2 is 2.09 bits per heavy atom. The van der Waals surface area contributed by atoms with Gasteiger partial charge in [-0.2, -0.15) is 5.10 Å². The fourth-order valence-electron chi connectivity index (χ4n) is 1.70. The number of nitrogens with zero attached hydrogens (tertiary/aromatic N) is 2. The normalized spacial score (nSPS) is 10.0. The van der Waals surface area contributed by atoms with Crippen molar-refractivity contribution in [3.8, 4) is 0 Å². The molecule has 0 atom stereocenters. The summed E-state index contributed by atoms with van der Waals surface area (Å²) in [4.78, 5) is 34.1. The van der Waals surface area contributed by atoms with Crippen LogP contribution in [0.5, 0.6) is 0 Å². The van der Waals surface area contributed by atoms with E-state index in [0.29, 0.717) is 5.82 Å². The molecule has 9 nitrogen and oxygen atoms in total. The van der Waals surface area contributed by atoms with Crippen LogP contribution >= 0.6 is 0 Å². The second-order valence-corrected chi connectivity index (χ2v) is 4.17. The number of hydrogen-bond donors (Lipinski definition) is 2. The van der Waals surface area contributed by atoms with Gasteiger partial charge in [0.25, 0.3) is 11.6 Å². The summed E-state index contributed by atoms with van der Waals surface area (Å²) in [5.41, 5.74) is -0.474. The quantitative estimate of drug-likeness (QED) is 0.492. The van der Waals surface area contributed by atoms with E-state index in [1.54, 1.807) is 6.92 Å². The van der Waals surface area contributed by atoms with Crippen LogP contribution in [0.1, 0.15) is 27.6 Å². The van der Waals surface area contributed by atoms with Gasteiger partial charge in [0, 0.05) is 23.8 Å². The molecule has 9 heteroatoms. The Bertz CT molecular complexity index is 711. The number of carbonyl (C=O) groups is 2. The molecule has 0 aliphatic heterocycles. The number of nitrogens with one attached hydrogen (secondary N) is 2. The maximum Gasteiger partial charge on any atom is 0.338 e. The highest BCUT2D eigenvalue weighted by Crippen LogP contribution is 2.19. The summed E-state index contributed by atoms with van der Waals surface area (Å²) in [6.07, 6.45) is 1.44. The average Bonchev–Trinajstić information content (AvgIpc) is 2.99. The number of nitro benzene ring substituents is 1. The molecule has 0 aliphatic carbocycles. The lowest BCUT2D eigenvalue weighted by atomic mass is 10.1. The molecule has 0 saturated carbocycles. The SMILES string of the molecule is CCOC(=O)c1cc(C(=O)Nc2ccn[nH]2)cc([N+](=O)[O-])c1. The molecule has 0 fully saturated rings. The van der Waals surface area contributed by atoms with Crippen LogP contribution in [0.4, 0.5) is 11.5 Å². The summed E-state index contributed by atoms with van der Waals surface area (Å²) in [6, 6.07) is 4.89. The molecule has 0 saturated heterocycles. The highest BCUT2D eigenvalue weighted by atomic mass is 16.6. The van der Waals surface area contributed by atoms with Crippen molar-refractivity contribution in [2.75, 3.05) is 11.9 Å². The molecule has 0 spiro atoms. The number of hydrogen-bond acceptors (Lipinski definition) is 6. The third-order valence-corrected chi connectivity index (χ3v) is 2.65. The average molecular weight is 304 g/mol. The number of nitro groups is 1. The minimum atomic E-state index is -0.734. The number of non-ortho nitro benzene ring substituents is 1. The maximum absolute atomic E-state index is 12.1. The Balaban J connectivity index is 2.35. The Morgan fingerprint density at radius 3 is 2.68 bits per heavy atom. The van der Waals surface area contributed by atoms with Gasteiger partial charge in [-0.05, 0) is 13.0 Å². The highest BCUT2D eigenvalue weighted by molar-refractivity contribution is 6.05. The van der Waals surface area contributed by atoms with E-state index in [1.165, 1.54) is 18.3 Å². The number of esters is 1. The first-order valence-corrected chi connectivity index (χ1v) is 6.28. The molecule has 2 rings (SSSR count). The maximum atomic E-state index is 12.1. The first kappa shape index (κ1) is 15.2. The molecule has 1 aromatic carbocycles. The van der Waals surface area contributed by atoms with Crippen molar-refractivity contribution < 1.29 is 19.2 Å². The molecule has 1 heterocycles. The van der Waals surface area contributed by atoms with Gasteiger partial charge in [-0.1, -0.05) is 0 Å². The van der Waals surface area contributed by atoms with Gasteiger partial charge in [0.15, 0.2) is 0 Å². The summed E-state index contributed by atoms with van der Waals surface area (Å²) in [5.74, 6) is -1.02. The van der Waals surface area contributed by atoms with Gasteiger partial charge in [-0.25, -0.2) is 4.79 Å². The summed E-state index contributed by atoms with van der Waals surface area (Å²) in [7, 11) is 0. The first-order valence-electron chi connectivity index (χ1n) is 6.28. The number of aromatic amines is 1. The summed E-state index contributed by atoms with van der Waals surface area (Å²) >= 11 is 0. The number of H-pyrrole nitrogens is 1. The Hall–Kier alpha value is -3.23. The highest BCUT2D eigenvalue weighted by Gasteiger charge is 2.19. The molecular formula is C13H12N4O5. The Kier molecular flexibility index (Phi) is 4.47. The van der Waals surface area contributed by atoms with E-state index >= 15 is 0 Å². The first-order chi connectivity index (χ1) is 10.5. The van der Waals surface area contributed by atoms with E-state index in [4.69, 9.17) is 4.74 Å². The van der Waals surface area contributed by atoms with Crippen LogP contribution in [-0.4, -0.2) is 33.6 Å². The van der Waals surface area contributed by atoms with E-state index < -0.39 is 16.8 Å². The van der Waals surface area contributed by atoms with Crippen molar-refractivity contribution in [3.05, 3.63) is 51.7 Å². The predicted octanol–water partition coefficient (Wildman–Crippen LogP) is 1.75. The molecule has 2 aromatic rings. The Labute approximate surface area is 124 Å². The zero-order chi connectivity index (χ0) is 16.1. The van der Waals surface area contributed by atoms with Crippen LogP contribution in [0.25, 0.3) is 0 Å². The fraction of sp³-hybridized carbons (Fsp3) is 0.154. The number of ether oxygens (including phenoxy) is 1. The topological polar surface area (TPSA) is 127 Å². The Morgan fingerprint density at radius 1 is 1.36 bits per heavy atom. The molecule has 2 N–H and O–H groups in total. The van der Waals surface area contributed by atoms with Crippen LogP contribution in [0.3, 0.4) is 0 Å². The summed E-state index contributed by atoms with van der Waals surface area (Å²) in [5, 5.41) is 19.6. The number of anilines is 1. The zero-order valence-corrected chi connectivity index (χ0v) is 11.5. The van der Waals surface area contributed by atoms with Crippen molar-refractivity contribution in [3.63, 3.8) is 0 Å². The molecule has 0 bridgehead atoms. The van der Waals surface area contributed by atoms with E-state index in [2.05, 4.69) is 15.5 Å². The number of carbonyl (C=O) groups excluding carboxylic acids is 2. The van der Waals surface area contributed by atoms with E-state index in [0.717, 1.165) is 12.1 Å². The van der Waals surface area contributed by atoms with Crippen LogP contribution in [-0.2, 0) is 4.74 Å². The van der Waals surface area contributed by atoms with Crippen molar-refractivity contribution in [1.82, 2.24) is 10.2 Å². The summed E-state index contributed by atoms with van der Waals surface area (Å²) < 4.78 is 4.79. The second kappa shape index (κ2) is 6.48. The monoisotopic (exact) mass is 304 g/mol. The van der Waals surface area contributed by atoms with Gasteiger partial charge in [0.05, 0.1) is 23.3 Å². The molecule has 1 aromatic heterocycles. The van der Waals surface area contributed by atoms with Gasteiger partial charge in [-0.15, -0.1) is 0 Å². The van der Waals surface area contributed by atoms with Crippen LogP contribution in [0.15, 0.2) is 30.5 Å². The third kappa shape index (κ3) is 3.45. The van der Waals surface area contributed by atoms with Gasteiger partial charge in [0.1, 0.15) is 5.82 Å². The van der Waals surface area contributed by atoms with Crippen molar-refractivity contribution in [1.29, 1.82) is 0 Å². The minimum Gasteiger partial charge on any atom is -0.462 e. The van der Waals surface area contributed by atoms with Crippen molar-refractivity contribution in [2.45, 2.75) is 6.92 Å². The van der Waals surface area contributed by atoms with Crippen molar-refractivity contribution >= 4 is 23.4 Å². The summed E-state index contributed by atoms with van der Waals surface area (Å²) in [6.45, 7) is 1.73. The third-order valence-electron chi connectivity index (χ3n) is 2.65.